The van der Waals surface area contributed by atoms with Crippen molar-refractivity contribution in [3.05, 3.63) is 53.9 Å². The van der Waals surface area contributed by atoms with Gasteiger partial charge in [0, 0.05) is 19.6 Å². The topological polar surface area (TPSA) is 20.2 Å². The first-order valence-corrected chi connectivity index (χ1v) is 8.95. The Labute approximate surface area is 136 Å². The molecule has 2 heterocycles. The Kier molecular flexibility index (Phi) is 3.84. The molecule has 98 valence electrons. The summed E-state index contributed by atoms with van der Waals surface area (Å²) in [6, 6.07) is 8.14. The third kappa shape index (κ3) is 2.43. The molecule has 19 heavy (non-hydrogen) atoms. The number of aliphatic hydroxyl groups excluding tert-OH is 1. The Morgan fingerprint density at radius 1 is 1.26 bits per heavy atom. The minimum atomic E-state index is -0.557. The number of halogens is 2. The molecule has 0 fully saturated rings. The van der Waals surface area contributed by atoms with Crippen LogP contribution in [0.2, 0.25) is 0 Å². The fourth-order valence-corrected chi connectivity index (χ4v) is 5.24. The van der Waals surface area contributed by atoms with Crippen molar-refractivity contribution in [1.29, 1.82) is 0 Å². The lowest BCUT2D eigenvalue weighted by atomic mass is 10.1. The summed E-state index contributed by atoms with van der Waals surface area (Å²) >= 11 is 10.3. The maximum Gasteiger partial charge on any atom is 0.115 e. The van der Waals surface area contributed by atoms with Gasteiger partial charge in [0.15, 0.2) is 0 Å². The lowest BCUT2D eigenvalue weighted by Gasteiger charge is -2.07. The Balaban J connectivity index is 2.11. The van der Waals surface area contributed by atoms with Gasteiger partial charge in [-0.25, -0.2) is 0 Å². The molecule has 0 aliphatic rings. The van der Waals surface area contributed by atoms with Crippen molar-refractivity contribution in [3.8, 4) is 0 Å². The molecular weight excluding hydrogens is 408 g/mol. The maximum absolute atomic E-state index is 10.6. The molecule has 0 saturated heterocycles. The molecule has 1 N–H and O–H groups in total. The Morgan fingerprint density at radius 3 is 2.74 bits per heavy atom. The predicted octanol–water partition coefficient (Wildman–Crippen LogP) is 5.88. The average molecular weight is 418 g/mol. The summed E-state index contributed by atoms with van der Waals surface area (Å²) in [5, 5.41) is 13.8. The van der Waals surface area contributed by atoms with E-state index < -0.39 is 6.10 Å². The second kappa shape index (κ2) is 5.30. The Bertz CT molecular complexity index is 726. The predicted molar refractivity (Wildman–Crippen MR) is 90.3 cm³/mol. The van der Waals surface area contributed by atoms with Crippen LogP contribution in [-0.4, -0.2) is 5.11 Å². The molecule has 0 radical (unpaired) electrons. The number of benzene rings is 1. The van der Waals surface area contributed by atoms with Crippen LogP contribution in [0.15, 0.2) is 37.9 Å². The van der Waals surface area contributed by atoms with Crippen LogP contribution in [0.25, 0.3) is 10.1 Å². The number of hydrogen-bond acceptors (Lipinski definition) is 3. The number of rotatable bonds is 2. The summed E-state index contributed by atoms with van der Waals surface area (Å²) in [6.45, 7) is 2.04. The van der Waals surface area contributed by atoms with Crippen LogP contribution in [0, 0.1) is 6.92 Å². The van der Waals surface area contributed by atoms with Gasteiger partial charge in [0.25, 0.3) is 0 Å². The van der Waals surface area contributed by atoms with E-state index in [1.54, 1.807) is 22.7 Å². The highest BCUT2D eigenvalue weighted by Crippen LogP contribution is 2.40. The van der Waals surface area contributed by atoms with E-state index in [2.05, 4.69) is 37.9 Å². The summed E-state index contributed by atoms with van der Waals surface area (Å²) in [6.07, 6.45) is -0.557. The van der Waals surface area contributed by atoms with Crippen molar-refractivity contribution in [2.24, 2.45) is 0 Å². The van der Waals surface area contributed by atoms with Gasteiger partial charge in [0.05, 0.1) is 3.79 Å². The first-order chi connectivity index (χ1) is 9.08. The van der Waals surface area contributed by atoms with E-state index in [0.29, 0.717) is 0 Å². The lowest BCUT2D eigenvalue weighted by Crippen LogP contribution is -1.95. The van der Waals surface area contributed by atoms with Crippen molar-refractivity contribution in [3.63, 3.8) is 0 Å². The molecule has 2 aromatic heterocycles. The average Bonchev–Trinajstić information content (AvgIpc) is 2.94. The number of thiophene rings is 2. The minimum absolute atomic E-state index is 0.557. The highest BCUT2D eigenvalue weighted by molar-refractivity contribution is 9.11. The number of aryl methyl sites for hydroxylation is 1. The molecule has 1 nitrogen and oxygen atoms in total. The van der Waals surface area contributed by atoms with E-state index in [-0.39, 0.29) is 0 Å². The van der Waals surface area contributed by atoms with E-state index in [4.69, 9.17) is 0 Å². The summed E-state index contributed by atoms with van der Waals surface area (Å²) in [4.78, 5) is 0.976. The molecule has 0 spiro atoms. The normalized spacial score (nSPS) is 13.1. The molecule has 5 heteroatoms. The Morgan fingerprint density at radius 2 is 2.05 bits per heavy atom. The molecule has 0 bridgehead atoms. The SMILES string of the molecule is Cc1cc(C(O)c2csc3c(Br)cccc23)sc1Br. The summed E-state index contributed by atoms with van der Waals surface area (Å²) in [5.74, 6) is 0. The Hall–Kier alpha value is -0.200. The van der Waals surface area contributed by atoms with Gasteiger partial charge in [-0.05, 0) is 67.2 Å². The van der Waals surface area contributed by atoms with Crippen molar-refractivity contribution in [2.45, 2.75) is 13.0 Å². The van der Waals surface area contributed by atoms with Gasteiger partial charge >= 0.3 is 0 Å². The summed E-state index contributed by atoms with van der Waals surface area (Å²) in [5.41, 5.74) is 2.15. The van der Waals surface area contributed by atoms with Crippen LogP contribution in [0.3, 0.4) is 0 Å². The van der Waals surface area contributed by atoms with Gasteiger partial charge in [-0.2, -0.15) is 0 Å². The summed E-state index contributed by atoms with van der Waals surface area (Å²) < 4.78 is 3.35. The molecule has 3 aromatic rings. The van der Waals surface area contributed by atoms with Crippen LogP contribution in [-0.2, 0) is 0 Å². The highest BCUT2D eigenvalue weighted by Gasteiger charge is 2.18. The van der Waals surface area contributed by atoms with Gasteiger partial charge in [0.1, 0.15) is 6.10 Å². The number of fused-ring (bicyclic) bond motifs is 1. The minimum Gasteiger partial charge on any atom is -0.383 e. The summed E-state index contributed by atoms with van der Waals surface area (Å²) in [7, 11) is 0. The maximum atomic E-state index is 10.6. The third-order valence-corrected chi connectivity index (χ3v) is 7.18. The molecule has 1 atom stereocenters. The highest BCUT2D eigenvalue weighted by atomic mass is 79.9. The molecule has 1 unspecified atom stereocenters. The van der Waals surface area contributed by atoms with Crippen molar-refractivity contribution >= 4 is 64.6 Å². The monoisotopic (exact) mass is 416 g/mol. The molecule has 3 rings (SSSR count). The largest absolute Gasteiger partial charge is 0.383 e. The first kappa shape index (κ1) is 13.8. The smallest absolute Gasteiger partial charge is 0.115 e. The first-order valence-electron chi connectivity index (χ1n) is 5.67. The van der Waals surface area contributed by atoms with E-state index in [9.17, 15) is 5.11 Å². The van der Waals surface area contributed by atoms with Crippen molar-refractivity contribution in [1.82, 2.24) is 0 Å². The van der Waals surface area contributed by atoms with Gasteiger partial charge < -0.3 is 5.11 Å². The van der Waals surface area contributed by atoms with Crippen molar-refractivity contribution < 1.29 is 5.11 Å². The second-order valence-corrected chi connectivity index (χ2v) is 8.45. The van der Waals surface area contributed by atoms with Crippen LogP contribution in [0.4, 0.5) is 0 Å². The van der Waals surface area contributed by atoms with Gasteiger partial charge in [-0.15, -0.1) is 22.7 Å². The fourth-order valence-electron chi connectivity index (χ4n) is 2.03. The van der Waals surface area contributed by atoms with E-state index in [1.165, 1.54) is 10.3 Å². The molecule has 1 aromatic carbocycles. The number of hydrogen-bond donors (Lipinski definition) is 1. The van der Waals surface area contributed by atoms with Crippen LogP contribution in [0.5, 0.6) is 0 Å². The molecular formula is C14H10Br2OS2. The lowest BCUT2D eigenvalue weighted by molar-refractivity contribution is 0.226. The van der Waals surface area contributed by atoms with Crippen LogP contribution in [0.1, 0.15) is 22.1 Å². The molecule has 0 aliphatic carbocycles. The fraction of sp³-hybridized carbons (Fsp3) is 0.143. The van der Waals surface area contributed by atoms with Gasteiger partial charge in [-0.1, -0.05) is 12.1 Å². The van der Waals surface area contributed by atoms with E-state index in [0.717, 1.165) is 24.1 Å². The van der Waals surface area contributed by atoms with Gasteiger partial charge in [0.2, 0.25) is 0 Å². The molecule has 0 aliphatic heterocycles. The zero-order valence-electron chi connectivity index (χ0n) is 9.98. The molecule has 0 amide bonds. The third-order valence-electron chi connectivity index (χ3n) is 3.02. The van der Waals surface area contributed by atoms with E-state index >= 15 is 0 Å². The van der Waals surface area contributed by atoms with E-state index in [1.807, 2.05) is 30.5 Å². The second-order valence-electron chi connectivity index (χ2n) is 4.32. The van der Waals surface area contributed by atoms with Crippen LogP contribution < -0.4 is 0 Å². The molecule has 0 saturated carbocycles. The van der Waals surface area contributed by atoms with Gasteiger partial charge in [-0.3, -0.25) is 0 Å². The zero-order chi connectivity index (χ0) is 13.6. The van der Waals surface area contributed by atoms with Crippen LogP contribution >= 0.6 is 54.5 Å². The standard InChI is InChI=1S/C14H10Br2OS2/c1-7-5-11(19-14(7)16)12(17)9-6-18-13-8(9)3-2-4-10(13)15/h2-6,12,17H,1H3. The number of aliphatic hydroxyl groups is 1. The quantitative estimate of drug-likeness (QED) is 0.552. The zero-order valence-corrected chi connectivity index (χ0v) is 14.8. The van der Waals surface area contributed by atoms with Crippen molar-refractivity contribution in [2.75, 3.05) is 0 Å².